The third kappa shape index (κ3) is 3.40. The highest BCUT2D eigenvalue weighted by Crippen LogP contribution is 2.48. The average Bonchev–Trinajstić information content (AvgIpc) is 2.56. The predicted octanol–water partition coefficient (Wildman–Crippen LogP) is 2.89. The van der Waals surface area contributed by atoms with E-state index in [0.29, 0.717) is 0 Å². The molecule has 0 radical (unpaired) electrons. The number of carbonyl (C=O) groups excluding carboxylic acids is 1. The van der Waals surface area contributed by atoms with Crippen LogP contribution in [0.2, 0.25) is 0 Å². The zero-order valence-corrected chi connectivity index (χ0v) is 14.5. The molecule has 3 rings (SSSR count). The Kier molecular flexibility index (Phi) is 4.53. The van der Waals surface area contributed by atoms with E-state index in [1.165, 1.54) is 11.9 Å². The van der Waals surface area contributed by atoms with Gasteiger partial charge in [-0.25, -0.2) is 13.2 Å². The number of nitrogens with zero attached hydrogens (tertiary/aromatic N) is 2. The van der Waals surface area contributed by atoms with E-state index in [4.69, 9.17) is 0 Å². The normalized spacial score (nSPS) is 13.2. The van der Waals surface area contributed by atoms with Crippen LogP contribution in [0.15, 0.2) is 58.3 Å². The fourth-order valence-corrected chi connectivity index (χ4v) is 3.98. The van der Waals surface area contributed by atoms with Crippen molar-refractivity contribution in [1.29, 1.82) is 0 Å². The molecule has 126 valence electrons. The summed E-state index contributed by atoms with van der Waals surface area (Å²) in [6.45, 7) is -0.154. The molecule has 0 atom stereocenters. The molecule has 1 aliphatic rings. The van der Waals surface area contributed by atoms with E-state index in [-0.39, 0.29) is 12.6 Å². The van der Waals surface area contributed by atoms with Gasteiger partial charge in [-0.15, -0.1) is 0 Å². The van der Waals surface area contributed by atoms with Crippen LogP contribution in [0.5, 0.6) is 0 Å². The summed E-state index contributed by atoms with van der Waals surface area (Å²) in [4.78, 5) is 17.6. The molecule has 1 aliphatic heterocycles. The third-order valence-corrected chi connectivity index (χ3v) is 5.44. The van der Waals surface area contributed by atoms with Gasteiger partial charge < -0.3 is 9.45 Å². The summed E-state index contributed by atoms with van der Waals surface area (Å²) < 4.78 is 32.5. The molecule has 0 spiro atoms. The van der Waals surface area contributed by atoms with E-state index in [0.717, 1.165) is 21.2 Å². The Balaban J connectivity index is 1.96. The number of urea groups is 1. The molecular weight excluding hydrogens is 348 g/mol. The van der Waals surface area contributed by atoms with Crippen LogP contribution >= 0.6 is 11.8 Å². The maximum atomic E-state index is 12.9. The Morgan fingerprint density at radius 2 is 1.58 bits per heavy atom. The molecule has 0 aliphatic carbocycles. The van der Waals surface area contributed by atoms with Gasteiger partial charge in [0.25, 0.3) is 0 Å². The molecule has 0 saturated heterocycles. The molecule has 0 unspecified atom stereocenters. The van der Waals surface area contributed by atoms with Crippen molar-refractivity contribution >= 4 is 39.3 Å². The summed E-state index contributed by atoms with van der Waals surface area (Å²) in [5, 5.41) is 0. The molecule has 0 saturated carbocycles. The lowest BCUT2D eigenvalue weighted by Gasteiger charge is -2.34. The summed E-state index contributed by atoms with van der Waals surface area (Å²) in [5.41, 5.74) is 1.48. The second-order valence-corrected chi connectivity index (χ2v) is 7.95. The quantitative estimate of drug-likeness (QED) is 0.783. The van der Waals surface area contributed by atoms with E-state index in [1.54, 1.807) is 16.7 Å². The highest BCUT2D eigenvalue weighted by Gasteiger charge is 2.29. The Morgan fingerprint density at radius 3 is 2.08 bits per heavy atom. The molecule has 24 heavy (non-hydrogen) atoms. The summed E-state index contributed by atoms with van der Waals surface area (Å²) in [6, 6.07) is 14.6. The zero-order valence-electron chi connectivity index (χ0n) is 12.9. The lowest BCUT2D eigenvalue weighted by molar-refractivity contribution is 0.220. The maximum Gasteiger partial charge on any atom is 0.328 e. The molecule has 8 heteroatoms. The van der Waals surface area contributed by atoms with Gasteiger partial charge in [0.2, 0.25) is 0 Å². The van der Waals surface area contributed by atoms with Crippen molar-refractivity contribution in [3.05, 3.63) is 48.5 Å². The number of fused-ring (bicyclic) bond motifs is 2. The standard InChI is InChI=1S/C16H16N2O4S2/c1-17(10-11-24(20,21)22)16(19)18-12-6-2-4-8-14(12)23-15-9-5-3-7-13(15)18/h2-9H,10-11H2,1H3,(H,20,21,22)/p-1. The Bertz CT molecular complexity index is 838. The number of para-hydroxylation sites is 2. The highest BCUT2D eigenvalue weighted by atomic mass is 32.2. The van der Waals surface area contributed by atoms with Gasteiger partial charge in [0, 0.05) is 23.4 Å². The van der Waals surface area contributed by atoms with Gasteiger partial charge in [-0.05, 0) is 24.3 Å². The van der Waals surface area contributed by atoms with E-state index >= 15 is 0 Å². The van der Waals surface area contributed by atoms with Crippen LogP contribution in [0.3, 0.4) is 0 Å². The van der Waals surface area contributed by atoms with E-state index < -0.39 is 15.9 Å². The number of amides is 2. The number of benzene rings is 2. The van der Waals surface area contributed by atoms with Crippen LogP contribution in [-0.4, -0.2) is 43.2 Å². The maximum absolute atomic E-state index is 12.9. The molecule has 0 fully saturated rings. The first kappa shape index (κ1) is 16.8. The van der Waals surface area contributed by atoms with Gasteiger partial charge in [-0.3, -0.25) is 4.90 Å². The molecule has 0 N–H and O–H groups in total. The van der Waals surface area contributed by atoms with Crippen LogP contribution in [-0.2, 0) is 10.1 Å². The van der Waals surface area contributed by atoms with Crippen LogP contribution < -0.4 is 4.90 Å². The van der Waals surface area contributed by atoms with Gasteiger partial charge in [-0.2, -0.15) is 0 Å². The SMILES string of the molecule is CN(CCS(=O)(=O)[O-])C(=O)N1c2ccccc2Sc2ccccc21. The van der Waals surface area contributed by atoms with Crippen molar-refractivity contribution in [2.45, 2.75) is 9.79 Å². The minimum absolute atomic E-state index is 0.154. The van der Waals surface area contributed by atoms with Crippen molar-refractivity contribution in [3.8, 4) is 0 Å². The van der Waals surface area contributed by atoms with Crippen LogP contribution in [0.4, 0.5) is 16.2 Å². The first-order valence-electron chi connectivity index (χ1n) is 7.21. The number of carbonyl (C=O) groups is 1. The molecule has 6 nitrogen and oxygen atoms in total. The summed E-state index contributed by atoms with van der Waals surface area (Å²) in [7, 11) is -2.88. The topological polar surface area (TPSA) is 80.7 Å². The van der Waals surface area contributed by atoms with Gasteiger partial charge >= 0.3 is 6.03 Å². The molecule has 0 bridgehead atoms. The van der Waals surface area contributed by atoms with Crippen molar-refractivity contribution in [3.63, 3.8) is 0 Å². The fourth-order valence-electron chi connectivity index (χ4n) is 2.43. The first-order chi connectivity index (χ1) is 11.4. The molecule has 1 heterocycles. The molecule has 0 aromatic heterocycles. The third-order valence-electron chi connectivity index (χ3n) is 3.63. The predicted molar refractivity (Wildman–Crippen MR) is 91.7 cm³/mol. The average molecular weight is 363 g/mol. The Labute approximate surface area is 144 Å². The van der Waals surface area contributed by atoms with Gasteiger partial charge in [0.05, 0.1) is 27.2 Å². The second kappa shape index (κ2) is 6.46. The summed E-state index contributed by atoms with van der Waals surface area (Å²) in [5.74, 6) is -0.610. The van der Waals surface area contributed by atoms with Crippen molar-refractivity contribution in [2.75, 3.05) is 24.2 Å². The van der Waals surface area contributed by atoms with E-state index in [9.17, 15) is 17.8 Å². The second-order valence-electron chi connectivity index (χ2n) is 5.34. The minimum Gasteiger partial charge on any atom is -0.748 e. The minimum atomic E-state index is -4.37. The Morgan fingerprint density at radius 1 is 1.08 bits per heavy atom. The van der Waals surface area contributed by atoms with Crippen LogP contribution in [0, 0.1) is 0 Å². The van der Waals surface area contributed by atoms with Crippen molar-refractivity contribution in [2.24, 2.45) is 0 Å². The fraction of sp³-hybridized carbons (Fsp3) is 0.188. The zero-order chi connectivity index (χ0) is 17.3. The summed E-state index contributed by atoms with van der Waals surface area (Å²) in [6.07, 6.45) is 0. The number of anilines is 2. The van der Waals surface area contributed by atoms with Gasteiger partial charge in [0.15, 0.2) is 0 Å². The molecule has 2 aromatic rings. The molecular formula is C16H15N2O4S2-. The smallest absolute Gasteiger partial charge is 0.328 e. The van der Waals surface area contributed by atoms with E-state index in [2.05, 4.69) is 0 Å². The van der Waals surface area contributed by atoms with Crippen molar-refractivity contribution < 1.29 is 17.8 Å². The van der Waals surface area contributed by atoms with Gasteiger partial charge in [-0.1, -0.05) is 36.0 Å². The highest BCUT2D eigenvalue weighted by molar-refractivity contribution is 7.99. The lowest BCUT2D eigenvalue weighted by Crippen LogP contribution is -2.41. The lowest BCUT2D eigenvalue weighted by atomic mass is 10.2. The number of rotatable bonds is 3. The molecule has 2 aromatic carbocycles. The number of hydrogen-bond donors (Lipinski definition) is 0. The first-order valence-corrected chi connectivity index (χ1v) is 9.61. The van der Waals surface area contributed by atoms with Crippen molar-refractivity contribution in [1.82, 2.24) is 4.90 Å². The summed E-state index contributed by atoms with van der Waals surface area (Å²) >= 11 is 1.57. The monoisotopic (exact) mass is 363 g/mol. The van der Waals surface area contributed by atoms with Gasteiger partial charge in [0.1, 0.15) is 0 Å². The largest absolute Gasteiger partial charge is 0.748 e. The Hall–Kier alpha value is -2.03. The number of hydrogen-bond acceptors (Lipinski definition) is 5. The van der Waals surface area contributed by atoms with E-state index in [1.807, 2.05) is 48.5 Å². The van der Waals surface area contributed by atoms with Crippen LogP contribution in [0.25, 0.3) is 0 Å². The van der Waals surface area contributed by atoms with Crippen LogP contribution in [0.1, 0.15) is 0 Å². The molecule has 2 amide bonds.